The van der Waals surface area contributed by atoms with Crippen LogP contribution in [0.5, 0.6) is 0 Å². The van der Waals surface area contributed by atoms with E-state index in [0.29, 0.717) is 11.4 Å². The minimum absolute atomic E-state index is 0.0211. The van der Waals surface area contributed by atoms with Gasteiger partial charge in [0, 0.05) is 12.4 Å². The zero-order valence-electron chi connectivity index (χ0n) is 14.8. The Labute approximate surface area is 162 Å². The number of ether oxygens (including phenoxy) is 1. The molecule has 0 aliphatic rings. The Morgan fingerprint density at radius 2 is 1.89 bits per heavy atom. The Balaban J connectivity index is 1.79. The van der Waals surface area contributed by atoms with Gasteiger partial charge in [0.1, 0.15) is 6.61 Å². The number of esters is 1. The number of aryl methyl sites for hydroxylation is 1. The summed E-state index contributed by atoms with van der Waals surface area (Å²) in [6.07, 6.45) is 0. The number of anilines is 1. The summed E-state index contributed by atoms with van der Waals surface area (Å²) in [6.45, 7) is 1.91. The summed E-state index contributed by atoms with van der Waals surface area (Å²) in [5, 5.41) is 2.70. The van der Waals surface area contributed by atoms with Crippen molar-refractivity contribution in [3.05, 3.63) is 76.2 Å². The smallest absolute Gasteiger partial charge is 0.338 e. The molecule has 2 aromatic carbocycles. The van der Waals surface area contributed by atoms with Crippen molar-refractivity contribution in [2.24, 2.45) is 0 Å². The Kier molecular flexibility index (Phi) is 5.57. The highest BCUT2D eigenvalue weighted by Crippen LogP contribution is 2.22. The number of carbonyl (C=O) groups excluding carboxylic acids is 1. The summed E-state index contributed by atoms with van der Waals surface area (Å²) < 4.78 is 32.1. The van der Waals surface area contributed by atoms with E-state index in [1.165, 1.54) is 47.0 Å². The van der Waals surface area contributed by atoms with Crippen molar-refractivity contribution in [1.82, 2.24) is 4.98 Å². The molecule has 0 bridgehead atoms. The first-order valence-electron chi connectivity index (χ1n) is 8.10. The van der Waals surface area contributed by atoms with Gasteiger partial charge in [-0.3, -0.25) is 4.31 Å². The Morgan fingerprint density at radius 1 is 1.15 bits per heavy atom. The number of thiazole rings is 1. The summed E-state index contributed by atoms with van der Waals surface area (Å²) in [6, 6.07) is 14.6. The van der Waals surface area contributed by atoms with E-state index in [0.717, 1.165) is 5.01 Å². The third kappa shape index (κ3) is 4.35. The third-order valence-corrected chi connectivity index (χ3v) is 6.47. The molecular weight excluding hydrogens is 384 g/mol. The third-order valence-electron chi connectivity index (χ3n) is 3.87. The molecule has 0 N–H and O–H groups in total. The number of hydrogen-bond acceptors (Lipinski definition) is 6. The van der Waals surface area contributed by atoms with Crippen LogP contribution in [0, 0.1) is 6.92 Å². The standard InChI is InChI=1S/C19H18N2O4S2/c1-14-20-16(13-26-14)12-25-19(22)15-7-6-10-18(11-15)27(23,24)21(2)17-8-4-3-5-9-17/h3-11,13H,12H2,1-2H3. The van der Waals surface area contributed by atoms with Crippen molar-refractivity contribution in [2.45, 2.75) is 18.4 Å². The van der Waals surface area contributed by atoms with E-state index in [4.69, 9.17) is 4.74 Å². The molecule has 0 saturated carbocycles. The monoisotopic (exact) mass is 402 g/mol. The molecule has 0 spiro atoms. The number of carbonyl (C=O) groups is 1. The molecule has 0 unspecified atom stereocenters. The summed E-state index contributed by atoms with van der Waals surface area (Å²) in [5.74, 6) is -0.597. The first-order valence-corrected chi connectivity index (χ1v) is 10.4. The van der Waals surface area contributed by atoms with E-state index in [1.54, 1.807) is 24.3 Å². The molecule has 0 aliphatic heterocycles. The number of rotatable bonds is 6. The fraction of sp³-hybridized carbons (Fsp3) is 0.158. The number of nitrogens with zero attached hydrogens (tertiary/aromatic N) is 2. The Hall–Kier alpha value is -2.71. The van der Waals surface area contributed by atoms with Gasteiger partial charge in [0.25, 0.3) is 10.0 Å². The molecule has 1 aromatic heterocycles. The summed E-state index contributed by atoms with van der Waals surface area (Å²) >= 11 is 1.47. The van der Waals surface area contributed by atoms with Crippen LogP contribution in [0.25, 0.3) is 0 Å². The second-order valence-corrected chi connectivity index (χ2v) is 8.80. The van der Waals surface area contributed by atoms with Crippen LogP contribution in [0.2, 0.25) is 0 Å². The fourth-order valence-corrected chi connectivity index (χ4v) is 4.25. The molecular formula is C19H18N2O4S2. The first kappa shape index (κ1) is 19.1. The minimum atomic E-state index is -3.80. The zero-order valence-corrected chi connectivity index (χ0v) is 16.5. The van der Waals surface area contributed by atoms with Crippen molar-refractivity contribution in [3.8, 4) is 0 Å². The maximum Gasteiger partial charge on any atom is 0.338 e. The van der Waals surface area contributed by atoms with E-state index in [-0.39, 0.29) is 17.1 Å². The summed E-state index contributed by atoms with van der Waals surface area (Å²) in [7, 11) is -2.32. The minimum Gasteiger partial charge on any atom is -0.456 e. The van der Waals surface area contributed by atoms with Crippen LogP contribution in [0.15, 0.2) is 64.9 Å². The Bertz CT molecular complexity index is 1050. The normalized spacial score (nSPS) is 11.2. The highest BCUT2D eigenvalue weighted by atomic mass is 32.2. The van der Waals surface area contributed by atoms with Crippen molar-refractivity contribution in [2.75, 3.05) is 11.4 Å². The van der Waals surface area contributed by atoms with Gasteiger partial charge in [-0.15, -0.1) is 11.3 Å². The van der Waals surface area contributed by atoms with Crippen LogP contribution in [0.1, 0.15) is 21.1 Å². The van der Waals surface area contributed by atoms with Gasteiger partial charge in [0.15, 0.2) is 0 Å². The van der Waals surface area contributed by atoms with Gasteiger partial charge in [0.05, 0.1) is 26.8 Å². The van der Waals surface area contributed by atoms with Crippen LogP contribution in [-0.2, 0) is 21.4 Å². The molecule has 0 saturated heterocycles. The SMILES string of the molecule is Cc1nc(COC(=O)c2cccc(S(=O)(=O)N(C)c3ccccc3)c2)cs1. The van der Waals surface area contributed by atoms with Gasteiger partial charge in [-0.25, -0.2) is 18.2 Å². The van der Waals surface area contributed by atoms with Gasteiger partial charge < -0.3 is 4.74 Å². The molecule has 3 aromatic rings. The lowest BCUT2D eigenvalue weighted by Gasteiger charge is -2.19. The van der Waals surface area contributed by atoms with Crippen LogP contribution in [0.4, 0.5) is 5.69 Å². The van der Waals surface area contributed by atoms with Crippen LogP contribution in [-0.4, -0.2) is 26.4 Å². The lowest BCUT2D eigenvalue weighted by Crippen LogP contribution is -2.26. The van der Waals surface area contributed by atoms with Gasteiger partial charge in [-0.2, -0.15) is 0 Å². The second kappa shape index (κ2) is 7.89. The molecule has 1 heterocycles. The zero-order chi connectivity index (χ0) is 19.4. The number of sulfonamides is 1. The molecule has 0 aliphatic carbocycles. The molecule has 0 fully saturated rings. The summed E-state index contributed by atoms with van der Waals surface area (Å²) in [4.78, 5) is 16.5. The summed E-state index contributed by atoms with van der Waals surface area (Å²) in [5.41, 5.74) is 1.37. The topological polar surface area (TPSA) is 76.6 Å². The average molecular weight is 402 g/mol. The predicted octanol–water partition coefficient (Wildman–Crippen LogP) is 3.63. The van der Waals surface area contributed by atoms with Gasteiger partial charge in [-0.1, -0.05) is 24.3 Å². The molecule has 27 heavy (non-hydrogen) atoms. The fourth-order valence-electron chi connectivity index (χ4n) is 2.42. The van der Waals surface area contributed by atoms with E-state index in [9.17, 15) is 13.2 Å². The second-order valence-electron chi connectivity index (χ2n) is 5.77. The van der Waals surface area contributed by atoms with E-state index < -0.39 is 16.0 Å². The van der Waals surface area contributed by atoms with E-state index in [1.807, 2.05) is 18.4 Å². The molecule has 6 nitrogen and oxygen atoms in total. The van der Waals surface area contributed by atoms with Crippen LogP contribution < -0.4 is 4.31 Å². The number of benzene rings is 2. The average Bonchev–Trinajstić information content (AvgIpc) is 3.11. The number of hydrogen-bond donors (Lipinski definition) is 0. The number of para-hydroxylation sites is 1. The molecule has 140 valence electrons. The quantitative estimate of drug-likeness (QED) is 0.589. The maximum absolute atomic E-state index is 12.9. The van der Waals surface area contributed by atoms with Crippen molar-refractivity contribution in [3.63, 3.8) is 0 Å². The molecule has 0 atom stereocenters. The van der Waals surface area contributed by atoms with Gasteiger partial charge in [-0.05, 0) is 37.3 Å². The molecule has 3 rings (SSSR count). The lowest BCUT2D eigenvalue weighted by molar-refractivity contribution is 0.0468. The van der Waals surface area contributed by atoms with Crippen molar-refractivity contribution in [1.29, 1.82) is 0 Å². The lowest BCUT2D eigenvalue weighted by atomic mass is 10.2. The molecule has 0 radical (unpaired) electrons. The molecule has 0 amide bonds. The highest BCUT2D eigenvalue weighted by Gasteiger charge is 2.22. The van der Waals surface area contributed by atoms with Gasteiger partial charge in [0.2, 0.25) is 0 Å². The Morgan fingerprint density at radius 3 is 2.56 bits per heavy atom. The first-order chi connectivity index (χ1) is 12.9. The number of aromatic nitrogens is 1. The predicted molar refractivity (Wildman–Crippen MR) is 104 cm³/mol. The largest absolute Gasteiger partial charge is 0.456 e. The van der Waals surface area contributed by atoms with Crippen molar-refractivity contribution < 1.29 is 17.9 Å². The maximum atomic E-state index is 12.9. The molecule has 8 heteroatoms. The van der Waals surface area contributed by atoms with E-state index in [2.05, 4.69) is 4.98 Å². The van der Waals surface area contributed by atoms with Crippen LogP contribution in [0.3, 0.4) is 0 Å². The van der Waals surface area contributed by atoms with Crippen molar-refractivity contribution >= 4 is 33.0 Å². The van der Waals surface area contributed by atoms with Crippen LogP contribution >= 0.6 is 11.3 Å². The highest BCUT2D eigenvalue weighted by molar-refractivity contribution is 7.92. The van der Waals surface area contributed by atoms with E-state index >= 15 is 0 Å². The van der Waals surface area contributed by atoms with Gasteiger partial charge >= 0.3 is 5.97 Å².